The van der Waals surface area contributed by atoms with Crippen molar-refractivity contribution in [2.24, 2.45) is 5.41 Å². The Morgan fingerprint density at radius 1 is 1.05 bits per heavy atom. The van der Waals surface area contributed by atoms with Gasteiger partial charge in [-0.05, 0) is 0 Å². The summed E-state index contributed by atoms with van der Waals surface area (Å²) in [6.45, 7) is 2.91. The number of likely N-dealkylation sites (tertiary alicyclic amines) is 1. The Labute approximate surface area is 122 Å². The van der Waals surface area contributed by atoms with E-state index in [2.05, 4.69) is 0 Å². The molecule has 0 unspecified atom stereocenters. The number of hydrogen-bond donors (Lipinski definition) is 1. The van der Waals surface area contributed by atoms with Crippen LogP contribution >= 0.6 is 0 Å². The van der Waals surface area contributed by atoms with Crippen molar-refractivity contribution in [3.63, 3.8) is 0 Å². The van der Waals surface area contributed by atoms with Gasteiger partial charge in [-0.3, -0.25) is 4.79 Å². The Morgan fingerprint density at radius 2 is 1.45 bits per heavy atom. The van der Waals surface area contributed by atoms with Gasteiger partial charge in [0.25, 0.3) is 5.60 Å². The lowest BCUT2D eigenvalue weighted by Crippen LogP contribution is -2.68. The second kappa shape index (κ2) is 5.24. The number of rotatable bonds is 1. The van der Waals surface area contributed by atoms with Crippen molar-refractivity contribution in [3.8, 4) is 0 Å². The van der Waals surface area contributed by atoms with Gasteiger partial charge in [0.15, 0.2) is 0 Å². The Morgan fingerprint density at radius 3 is 1.77 bits per heavy atom. The maximum atomic E-state index is 13.4. The lowest BCUT2D eigenvalue weighted by molar-refractivity contribution is -0.381. The number of carbonyl (C=O) groups excluding carboxylic acids is 1. The summed E-state index contributed by atoms with van der Waals surface area (Å²) < 4.78 is 90.7. The van der Waals surface area contributed by atoms with Gasteiger partial charge in [0, 0.05) is 11.8 Å². The first-order valence-electron chi connectivity index (χ1n) is 6.34. The van der Waals surface area contributed by atoms with Crippen LogP contribution in [-0.4, -0.2) is 52.6 Å². The van der Waals surface area contributed by atoms with E-state index in [-0.39, 0.29) is 4.90 Å². The van der Waals surface area contributed by atoms with Gasteiger partial charge >= 0.3 is 12.4 Å². The van der Waals surface area contributed by atoms with E-state index in [4.69, 9.17) is 0 Å². The van der Waals surface area contributed by atoms with Gasteiger partial charge in [0.05, 0.1) is 12.6 Å². The number of alkyl halides is 7. The Bertz CT molecular complexity index is 424. The summed E-state index contributed by atoms with van der Waals surface area (Å²) >= 11 is 0. The van der Waals surface area contributed by atoms with E-state index in [9.17, 15) is 40.6 Å². The third kappa shape index (κ3) is 3.02. The minimum absolute atomic E-state index is 0.144. The molecule has 0 spiro atoms. The summed E-state index contributed by atoms with van der Waals surface area (Å²) in [4.78, 5) is 12.2. The highest BCUT2D eigenvalue weighted by atomic mass is 19.4. The molecule has 1 N–H and O–H groups in total. The SMILES string of the molecule is CC(C)(C)C(=O)N1C[C@H](F)C[C@H]1C(O)(C(F)(F)F)C(F)(F)F. The van der Waals surface area contributed by atoms with Crippen LogP contribution in [0.3, 0.4) is 0 Å². The van der Waals surface area contributed by atoms with E-state index in [1.807, 2.05) is 0 Å². The van der Waals surface area contributed by atoms with Crippen LogP contribution in [0.5, 0.6) is 0 Å². The highest BCUT2D eigenvalue weighted by molar-refractivity contribution is 5.82. The molecule has 1 fully saturated rings. The quantitative estimate of drug-likeness (QED) is 0.747. The fourth-order valence-electron chi connectivity index (χ4n) is 2.37. The number of halogens is 7. The summed E-state index contributed by atoms with van der Waals surface area (Å²) in [5, 5.41) is 9.38. The third-order valence-corrected chi connectivity index (χ3v) is 3.50. The van der Waals surface area contributed by atoms with E-state index in [0.29, 0.717) is 0 Å². The molecular formula is C12H16F7NO2. The maximum absolute atomic E-state index is 13.4. The van der Waals surface area contributed by atoms with Crippen LogP contribution in [0, 0.1) is 5.41 Å². The lowest BCUT2D eigenvalue weighted by atomic mass is 9.88. The average molecular weight is 339 g/mol. The summed E-state index contributed by atoms with van der Waals surface area (Å²) in [7, 11) is 0. The molecule has 1 aliphatic heterocycles. The van der Waals surface area contributed by atoms with Crippen LogP contribution in [-0.2, 0) is 4.79 Å². The number of hydrogen-bond acceptors (Lipinski definition) is 2. The second-order valence-corrected chi connectivity index (χ2v) is 6.32. The number of nitrogens with zero attached hydrogens (tertiary/aromatic N) is 1. The normalized spacial score (nSPS) is 24.8. The first kappa shape index (κ1) is 19.0. The topological polar surface area (TPSA) is 40.5 Å². The van der Waals surface area contributed by atoms with Gasteiger partial charge in [-0.1, -0.05) is 20.8 Å². The van der Waals surface area contributed by atoms with Crippen LogP contribution in [0.1, 0.15) is 27.2 Å². The molecule has 2 atom stereocenters. The van der Waals surface area contributed by atoms with Gasteiger partial charge < -0.3 is 10.0 Å². The summed E-state index contributed by atoms with van der Waals surface area (Å²) in [6.07, 6.45) is -15.5. The maximum Gasteiger partial charge on any atom is 0.428 e. The number of amides is 1. The Balaban J connectivity index is 3.38. The molecule has 130 valence electrons. The zero-order valence-corrected chi connectivity index (χ0v) is 12.0. The van der Waals surface area contributed by atoms with Crippen molar-refractivity contribution in [3.05, 3.63) is 0 Å². The molecule has 1 saturated heterocycles. The molecular weight excluding hydrogens is 323 g/mol. The molecule has 22 heavy (non-hydrogen) atoms. The molecule has 3 nitrogen and oxygen atoms in total. The number of aliphatic hydroxyl groups is 1. The van der Waals surface area contributed by atoms with Gasteiger partial charge in [0.2, 0.25) is 5.91 Å². The zero-order valence-electron chi connectivity index (χ0n) is 12.0. The molecule has 1 rings (SSSR count). The molecule has 1 amide bonds. The van der Waals surface area contributed by atoms with E-state index in [0.717, 1.165) is 0 Å². The third-order valence-electron chi connectivity index (χ3n) is 3.50. The minimum atomic E-state index is -6.10. The van der Waals surface area contributed by atoms with Crippen molar-refractivity contribution >= 4 is 5.91 Å². The van der Waals surface area contributed by atoms with Crippen LogP contribution in [0.4, 0.5) is 30.7 Å². The molecule has 10 heteroatoms. The van der Waals surface area contributed by atoms with E-state index < -0.39 is 54.5 Å². The number of carbonyl (C=O) groups is 1. The summed E-state index contributed by atoms with van der Waals surface area (Å²) in [5.41, 5.74) is -6.50. The van der Waals surface area contributed by atoms with Crippen molar-refractivity contribution in [2.75, 3.05) is 6.54 Å². The fraction of sp³-hybridized carbons (Fsp3) is 0.917. The summed E-state index contributed by atoms with van der Waals surface area (Å²) in [5.74, 6) is -1.09. The Hall–Kier alpha value is -1.06. The fourth-order valence-corrected chi connectivity index (χ4v) is 2.37. The molecule has 0 aliphatic carbocycles. The predicted octanol–water partition coefficient (Wildman–Crippen LogP) is 2.83. The molecule has 1 aliphatic rings. The van der Waals surface area contributed by atoms with E-state index in [1.165, 1.54) is 20.8 Å². The molecule has 0 bridgehead atoms. The monoisotopic (exact) mass is 339 g/mol. The molecule has 0 saturated carbocycles. The molecule has 0 aromatic rings. The van der Waals surface area contributed by atoms with Crippen LogP contribution in [0.25, 0.3) is 0 Å². The van der Waals surface area contributed by atoms with Crippen LogP contribution < -0.4 is 0 Å². The van der Waals surface area contributed by atoms with Crippen LogP contribution in [0.15, 0.2) is 0 Å². The van der Waals surface area contributed by atoms with Crippen molar-refractivity contribution in [2.45, 2.75) is 57.4 Å². The van der Waals surface area contributed by atoms with E-state index >= 15 is 0 Å². The highest BCUT2D eigenvalue weighted by Crippen LogP contribution is 2.49. The standard InChI is InChI=1S/C12H16F7NO2/c1-9(2,3)8(21)20-5-6(13)4-7(20)10(22,11(14,15)16)12(17,18)19/h6-7,22H,4-5H2,1-3H3/t6-,7+/m1/s1. The highest BCUT2D eigenvalue weighted by Gasteiger charge is 2.76. The molecule has 0 aromatic carbocycles. The van der Waals surface area contributed by atoms with Crippen molar-refractivity contribution in [1.29, 1.82) is 0 Å². The first-order valence-corrected chi connectivity index (χ1v) is 6.34. The predicted molar refractivity (Wildman–Crippen MR) is 61.5 cm³/mol. The van der Waals surface area contributed by atoms with Crippen molar-refractivity contribution in [1.82, 2.24) is 4.90 Å². The van der Waals surface area contributed by atoms with Crippen molar-refractivity contribution < 1.29 is 40.6 Å². The van der Waals surface area contributed by atoms with Gasteiger partial charge in [0.1, 0.15) is 6.17 Å². The molecule has 1 heterocycles. The Kier molecular flexibility index (Phi) is 4.52. The molecule has 0 aromatic heterocycles. The van der Waals surface area contributed by atoms with Gasteiger partial charge in [-0.15, -0.1) is 0 Å². The second-order valence-electron chi connectivity index (χ2n) is 6.32. The lowest BCUT2D eigenvalue weighted by Gasteiger charge is -2.42. The smallest absolute Gasteiger partial charge is 0.372 e. The van der Waals surface area contributed by atoms with Gasteiger partial charge in [-0.25, -0.2) is 4.39 Å². The minimum Gasteiger partial charge on any atom is -0.372 e. The van der Waals surface area contributed by atoms with E-state index in [1.54, 1.807) is 0 Å². The summed E-state index contributed by atoms with van der Waals surface area (Å²) in [6, 6.07) is -2.76. The first-order chi connectivity index (χ1) is 9.53. The largest absolute Gasteiger partial charge is 0.428 e. The zero-order chi connectivity index (χ0) is 17.7. The van der Waals surface area contributed by atoms with Gasteiger partial charge in [-0.2, -0.15) is 26.3 Å². The molecule has 0 radical (unpaired) electrons. The van der Waals surface area contributed by atoms with Crippen LogP contribution in [0.2, 0.25) is 0 Å². The average Bonchev–Trinajstić information content (AvgIpc) is 2.64.